The molecule has 0 aromatic heterocycles. The van der Waals surface area contributed by atoms with Crippen LogP contribution in [0.3, 0.4) is 0 Å². The van der Waals surface area contributed by atoms with Gasteiger partial charge in [0.25, 0.3) is 0 Å². The molecule has 0 aliphatic carbocycles. The largest absolute Gasteiger partial charge is 0.495 e. The number of hydrogen-bond acceptors (Lipinski definition) is 3. The van der Waals surface area contributed by atoms with Crippen molar-refractivity contribution >= 4 is 21.6 Å². The molecular formula is C11H16ClNO3S. The Balaban J connectivity index is 3.18. The van der Waals surface area contributed by atoms with E-state index in [1.807, 2.05) is 6.92 Å². The van der Waals surface area contributed by atoms with E-state index in [-0.39, 0.29) is 16.7 Å². The first-order valence-electron chi connectivity index (χ1n) is 5.26. The van der Waals surface area contributed by atoms with Gasteiger partial charge in [0.1, 0.15) is 10.6 Å². The van der Waals surface area contributed by atoms with E-state index >= 15 is 0 Å². The summed E-state index contributed by atoms with van der Waals surface area (Å²) >= 11 is 5.80. The van der Waals surface area contributed by atoms with Crippen LogP contribution in [-0.2, 0) is 10.0 Å². The third-order valence-electron chi connectivity index (χ3n) is 2.38. The van der Waals surface area contributed by atoms with E-state index in [1.165, 1.54) is 19.2 Å². The third-order valence-corrected chi connectivity index (χ3v) is 4.23. The van der Waals surface area contributed by atoms with Gasteiger partial charge in [-0.1, -0.05) is 18.5 Å². The van der Waals surface area contributed by atoms with E-state index in [4.69, 9.17) is 16.3 Å². The Morgan fingerprint density at radius 2 is 2.12 bits per heavy atom. The molecule has 1 N–H and O–H groups in total. The van der Waals surface area contributed by atoms with E-state index in [9.17, 15) is 8.42 Å². The van der Waals surface area contributed by atoms with Gasteiger partial charge in [-0.15, -0.1) is 0 Å². The molecule has 17 heavy (non-hydrogen) atoms. The van der Waals surface area contributed by atoms with Crippen molar-refractivity contribution in [2.75, 3.05) is 7.11 Å². The van der Waals surface area contributed by atoms with Crippen LogP contribution in [0.2, 0.25) is 5.02 Å². The van der Waals surface area contributed by atoms with Crippen molar-refractivity contribution in [2.45, 2.75) is 31.2 Å². The number of benzene rings is 1. The van der Waals surface area contributed by atoms with Gasteiger partial charge in [-0.3, -0.25) is 0 Å². The molecule has 0 spiro atoms. The van der Waals surface area contributed by atoms with Crippen LogP contribution in [0.4, 0.5) is 0 Å². The second-order valence-electron chi connectivity index (χ2n) is 3.73. The Kier molecular flexibility index (Phi) is 4.80. The zero-order valence-electron chi connectivity index (χ0n) is 10.0. The van der Waals surface area contributed by atoms with Crippen molar-refractivity contribution in [3.8, 4) is 5.75 Å². The monoisotopic (exact) mass is 277 g/mol. The number of hydrogen-bond donors (Lipinski definition) is 1. The van der Waals surface area contributed by atoms with E-state index < -0.39 is 10.0 Å². The Labute approximate surface area is 107 Å². The summed E-state index contributed by atoms with van der Waals surface area (Å²) in [5, 5.41) is 0.357. The fourth-order valence-corrected chi connectivity index (χ4v) is 3.03. The molecule has 1 rings (SSSR count). The number of rotatable bonds is 5. The summed E-state index contributed by atoms with van der Waals surface area (Å²) < 4.78 is 31.7. The Morgan fingerprint density at radius 3 is 2.65 bits per heavy atom. The number of methoxy groups -OCH3 is 1. The molecule has 0 amide bonds. The fraction of sp³-hybridized carbons (Fsp3) is 0.455. The highest BCUT2D eigenvalue weighted by Gasteiger charge is 2.21. The molecule has 1 aromatic rings. The molecule has 4 nitrogen and oxygen atoms in total. The molecule has 96 valence electrons. The van der Waals surface area contributed by atoms with Crippen LogP contribution in [0.25, 0.3) is 0 Å². The number of ether oxygens (including phenoxy) is 1. The zero-order chi connectivity index (χ0) is 13.1. The summed E-state index contributed by atoms with van der Waals surface area (Å²) in [4.78, 5) is 0.0628. The molecule has 0 saturated heterocycles. The van der Waals surface area contributed by atoms with Crippen LogP contribution in [0.1, 0.15) is 20.3 Å². The average molecular weight is 278 g/mol. The van der Waals surface area contributed by atoms with Crippen LogP contribution < -0.4 is 9.46 Å². The fourth-order valence-electron chi connectivity index (χ4n) is 1.27. The molecule has 0 fully saturated rings. The lowest BCUT2D eigenvalue weighted by molar-refractivity contribution is 0.402. The van der Waals surface area contributed by atoms with Gasteiger partial charge in [0.2, 0.25) is 10.0 Å². The standard InChI is InChI=1S/C11H16ClNO3S/c1-4-8(2)13-17(14,15)11-7-9(12)5-6-10(11)16-3/h5-8,13H,4H2,1-3H3. The van der Waals surface area contributed by atoms with Crippen LogP contribution in [0.5, 0.6) is 5.75 Å². The minimum Gasteiger partial charge on any atom is -0.495 e. The molecule has 0 aliphatic rings. The average Bonchev–Trinajstić information content (AvgIpc) is 2.28. The van der Waals surface area contributed by atoms with Crippen molar-refractivity contribution in [2.24, 2.45) is 0 Å². The highest BCUT2D eigenvalue weighted by Crippen LogP contribution is 2.27. The van der Waals surface area contributed by atoms with Crippen molar-refractivity contribution in [1.29, 1.82) is 0 Å². The first kappa shape index (κ1) is 14.3. The van der Waals surface area contributed by atoms with Crippen LogP contribution in [0, 0.1) is 0 Å². The normalized spacial score (nSPS) is 13.4. The first-order chi connectivity index (χ1) is 7.90. The Hall–Kier alpha value is -0.780. The van der Waals surface area contributed by atoms with Gasteiger partial charge in [-0.25, -0.2) is 13.1 Å². The predicted molar refractivity (Wildman–Crippen MR) is 68.1 cm³/mol. The minimum atomic E-state index is -3.60. The summed E-state index contributed by atoms with van der Waals surface area (Å²) in [6.07, 6.45) is 0.710. The topological polar surface area (TPSA) is 55.4 Å². The predicted octanol–water partition coefficient (Wildman–Crippen LogP) is 2.43. The van der Waals surface area contributed by atoms with Gasteiger partial charge in [-0.2, -0.15) is 0 Å². The second kappa shape index (κ2) is 5.71. The molecular weight excluding hydrogens is 262 g/mol. The maximum atomic E-state index is 12.1. The van der Waals surface area contributed by atoms with Crippen molar-refractivity contribution in [3.05, 3.63) is 23.2 Å². The van der Waals surface area contributed by atoms with Gasteiger partial charge in [0, 0.05) is 11.1 Å². The van der Waals surface area contributed by atoms with E-state index in [0.29, 0.717) is 11.4 Å². The van der Waals surface area contributed by atoms with Gasteiger partial charge >= 0.3 is 0 Å². The van der Waals surface area contributed by atoms with E-state index in [1.54, 1.807) is 13.0 Å². The van der Waals surface area contributed by atoms with Gasteiger partial charge < -0.3 is 4.74 Å². The van der Waals surface area contributed by atoms with E-state index in [2.05, 4.69) is 4.72 Å². The summed E-state index contributed by atoms with van der Waals surface area (Å²) in [6, 6.07) is 4.37. The van der Waals surface area contributed by atoms with E-state index in [0.717, 1.165) is 0 Å². The SMILES string of the molecule is CCC(C)NS(=O)(=O)c1cc(Cl)ccc1OC. The number of halogens is 1. The maximum Gasteiger partial charge on any atom is 0.244 e. The highest BCUT2D eigenvalue weighted by molar-refractivity contribution is 7.89. The lowest BCUT2D eigenvalue weighted by Gasteiger charge is -2.14. The van der Waals surface area contributed by atoms with Crippen molar-refractivity contribution < 1.29 is 13.2 Å². The zero-order valence-corrected chi connectivity index (χ0v) is 11.6. The van der Waals surface area contributed by atoms with Crippen LogP contribution in [-0.4, -0.2) is 21.6 Å². The van der Waals surface area contributed by atoms with Crippen LogP contribution in [0.15, 0.2) is 23.1 Å². The minimum absolute atomic E-state index is 0.0628. The van der Waals surface area contributed by atoms with Gasteiger partial charge in [0.05, 0.1) is 7.11 Å². The molecule has 0 bridgehead atoms. The molecule has 6 heteroatoms. The smallest absolute Gasteiger partial charge is 0.244 e. The quantitative estimate of drug-likeness (QED) is 0.899. The Bertz CT molecular complexity index is 487. The highest BCUT2D eigenvalue weighted by atomic mass is 35.5. The number of nitrogens with one attached hydrogen (secondary N) is 1. The summed E-state index contributed by atoms with van der Waals surface area (Å²) in [5.41, 5.74) is 0. The summed E-state index contributed by atoms with van der Waals surface area (Å²) in [6.45, 7) is 3.71. The summed E-state index contributed by atoms with van der Waals surface area (Å²) in [7, 11) is -2.17. The Morgan fingerprint density at radius 1 is 1.47 bits per heavy atom. The molecule has 0 saturated carbocycles. The second-order valence-corrected chi connectivity index (χ2v) is 5.84. The third kappa shape index (κ3) is 3.59. The molecule has 1 aromatic carbocycles. The van der Waals surface area contributed by atoms with Gasteiger partial charge in [0.15, 0.2) is 0 Å². The molecule has 0 heterocycles. The summed E-state index contributed by atoms with van der Waals surface area (Å²) in [5.74, 6) is 0.283. The molecule has 1 atom stereocenters. The lowest BCUT2D eigenvalue weighted by atomic mass is 10.3. The van der Waals surface area contributed by atoms with Gasteiger partial charge in [-0.05, 0) is 31.5 Å². The molecule has 1 unspecified atom stereocenters. The van der Waals surface area contributed by atoms with Crippen molar-refractivity contribution in [1.82, 2.24) is 4.72 Å². The maximum absolute atomic E-state index is 12.1. The van der Waals surface area contributed by atoms with Crippen molar-refractivity contribution in [3.63, 3.8) is 0 Å². The lowest BCUT2D eigenvalue weighted by Crippen LogP contribution is -2.32. The van der Waals surface area contributed by atoms with Crippen LogP contribution >= 0.6 is 11.6 Å². The molecule has 0 aliphatic heterocycles. The molecule has 0 radical (unpaired) electrons. The number of sulfonamides is 1. The first-order valence-corrected chi connectivity index (χ1v) is 7.12.